The average Bonchev–Trinajstić information content (AvgIpc) is 3.25. The van der Waals surface area contributed by atoms with Gasteiger partial charge in [-0.3, -0.25) is 18.6 Å². The largest absolute Gasteiger partial charge is 0.472 e. The second kappa shape index (κ2) is 46.9. The van der Waals surface area contributed by atoms with Crippen molar-refractivity contribution in [3.63, 3.8) is 0 Å². The fraction of sp³-hybridized carbons (Fsp3) is 0.960. The van der Waals surface area contributed by atoms with Crippen LogP contribution in [0.1, 0.15) is 271 Å². The van der Waals surface area contributed by atoms with Gasteiger partial charge < -0.3 is 24.6 Å². The van der Waals surface area contributed by atoms with Crippen molar-refractivity contribution >= 4 is 19.8 Å². The molecule has 364 valence electrons. The van der Waals surface area contributed by atoms with Gasteiger partial charge in [0.15, 0.2) is 6.10 Å². The molecule has 1 unspecified atom stereocenters. The van der Waals surface area contributed by atoms with Crippen LogP contribution in [0, 0.1) is 0 Å². The van der Waals surface area contributed by atoms with Crippen molar-refractivity contribution in [3.05, 3.63) is 0 Å². The van der Waals surface area contributed by atoms with E-state index in [4.69, 9.17) is 23.6 Å². The Morgan fingerprint density at radius 1 is 0.426 bits per heavy atom. The Morgan fingerprint density at radius 2 is 0.705 bits per heavy atom. The number of aliphatic hydroxyl groups is 2. The minimum absolute atomic E-state index is 0.193. The SMILES string of the molecule is CCCCCCCCCCCCCCCCCCCCCCCCCC(=O)O[C@H](COC(=O)CCCCCCCCCCCCCCCCC)COP(=O)(O)OC[C@@H](O)CO. The Morgan fingerprint density at radius 3 is 1.02 bits per heavy atom. The molecule has 0 heterocycles. The van der Waals surface area contributed by atoms with Crippen molar-refractivity contribution in [3.8, 4) is 0 Å². The Bertz CT molecular complexity index is 982. The number of esters is 2. The summed E-state index contributed by atoms with van der Waals surface area (Å²) in [6.45, 7) is 2.45. The van der Waals surface area contributed by atoms with Crippen molar-refractivity contribution in [2.45, 2.75) is 283 Å². The first-order valence-electron chi connectivity index (χ1n) is 26.0. The lowest BCUT2D eigenvalue weighted by Crippen LogP contribution is -2.29. The fourth-order valence-electron chi connectivity index (χ4n) is 7.76. The number of phosphoric ester groups is 1. The van der Waals surface area contributed by atoms with Crippen molar-refractivity contribution < 1.29 is 47.8 Å². The van der Waals surface area contributed by atoms with E-state index in [0.29, 0.717) is 12.8 Å². The highest BCUT2D eigenvalue weighted by Crippen LogP contribution is 2.43. The van der Waals surface area contributed by atoms with Crippen LogP contribution in [0.15, 0.2) is 0 Å². The van der Waals surface area contributed by atoms with E-state index in [9.17, 15) is 24.2 Å². The molecule has 61 heavy (non-hydrogen) atoms. The molecular formula is C50H99O10P. The van der Waals surface area contributed by atoms with E-state index in [2.05, 4.69) is 13.8 Å². The van der Waals surface area contributed by atoms with Gasteiger partial charge in [0.05, 0.1) is 19.8 Å². The van der Waals surface area contributed by atoms with E-state index in [1.807, 2.05) is 0 Å². The first kappa shape index (κ1) is 60.0. The summed E-state index contributed by atoms with van der Waals surface area (Å²) in [6.07, 6.45) is 46.5. The maximum Gasteiger partial charge on any atom is 0.472 e. The Labute approximate surface area is 375 Å². The molecule has 10 nitrogen and oxygen atoms in total. The summed E-state index contributed by atoms with van der Waals surface area (Å²) in [5.41, 5.74) is 0. The van der Waals surface area contributed by atoms with Crippen LogP contribution >= 0.6 is 7.82 Å². The van der Waals surface area contributed by atoms with E-state index in [1.165, 1.54) is 199 Å². The Balaban J connectivity index is 4.09. The summed E-state index contributed by atoms with van der Waals surface area (Å²) in [6, 6.07) is 0. The molecule has 0 amide bonds. The van der Waals surface area contributed by atoms with Gasteiger partial charge >= 0.3 is 19.8 Å². The van der Waals surface area contributed by atoms with Gasteiger partial charge in [-0.2, -0.15) is 0 Å². The van der Waals surface area contributed by atoms with E-state index in [1.54, 1.807) is 0 Å². The van der Waals surface area contributed by atoms with Gasteiger partial charge in [0.2, 0.25) is 0 Å². The van der Waals surface area contributed by atoms with E-state index >= 15 is 0 Å². The van der Waals surface area contributed by atoms with Gasteiger partial charge in [0, 0.05) is 12.8 Å². The van der Waals surface area contributed by atoms with E-state index in [0.717, 1.165) is 32.1 Å². The summed E-state index contributed by atoms with van der Waals surface area (Å²) in [5.74, 6) is -0.903. The highest BCUT2D eigenvalue weighted by atomic mass is 31.2. The first-order chi connectivity index (χ1) is 29.7. The third-order valence-electron chi connectivity index (χ3n) is 11.8. The molecule has 0 aliphatic heterocycles. The number of aliphatic hydroxyl groups excluding tert-OH is 2. The first-order valence-corrected chi connectivity index (χ1v) is 27.5. The van der Waals surface area contributed by atoms with Crippen LogP contribution in [-0.2, 0) is 32.7 Å². The molecule has 0 aliphatic carbocycles. The normalized spacial score (nSPS) is 13.6. The fourth-order valence-corrected chi connectivity index (χ4v) is 8.55. The van der Waals surface area contributed by atoms with E-state index in [-0.39, 0.29) is 19.4 Å². The number of ether oxygens (including phenoxy) is 2. The lowest BCUT2D eigenvalue weighted by Gasteiger charge is -2.20. The van der Waals surface area contributed by atoms with Gasteiger partial charge in [0.25, 0.3) is 0 Å². The van der Waals surface area contributed by atoms with Gasteiger partial charge in [0.1, 0.15) is 12.7 Å². The molecule has 3 atom stereocenters. The van der Waals surface area contributed by atoms with Gasteiger partial charge in [-0.05, 0) is 12.8 Å². The maximum atomic E-state index is 12.7. The smallest absolute Gasteiger partial charge is 0.462 e. The second-order valence-corrected chi connectivity index (χ2v) is 19.4. The number of carbonyl (C=O) groups is 2. The van der Waals surface area contributed by atoms with Crippen molar-refractivity contribution in [1.29, 1.82) is 0 Å². The Kier molecular flexibility index (Phi) is 46.2. The molecular weight excluding hydrogens is 792 g/mol. The summed E-state index contributed by atoms with van der Waals surface area (Å²) in [7, 11) is -4.61. The molecule has 0 aromatic carbocycles. The third kappa shape index (κ3) is 46.8. The Hall–Kier alpha value is -1.03. The van der Waals surface area contributed by atoms with Crippen LogP contribution < -0.4 is 0 Å². The summed E-state index contributed by atoms with van der Waals surface area (Å²) in [5, 5.41) is 18.4. The van der Waals surface area contributed by atoms with Crippen molar-refractivity contribution in [2.24, 2.45) is 0 Å². The van der Waals surface area contributed by atoms with Crippen LogP contribution in [0.5, 0.6) is 0 Å². The second-order valence-electron chi connectivity index (χ2n) is 17.9. The molecule has 0 aliphatic rings. The molecule has 11 heteroatoms. The predicted octanol–water partition coefficient (Wildman–Crippen LogP) is 14.6. The molecule has 0 radical (unpaired) electrons. The average molecular weight is 891 g/mol. The molecule has 0 rings (SSSR count). The number of carbonyl (C=O) groups excluding carboxylic acids is 2. The molecule has 0 fully saturated rings. The highest BCUT2D eigenvalue weighted by molar-refractivity contribution is 7.47. The number of rotatable bonds is 50. The molecule has 0 bridgehead atoms. The number of unbranched alkanes of at least 4 members (excludes halogenated alkanes) is 36. The molecule has 0 aromatic heterocycles. The van der Waals surface area contributed by atoms with Crippen LogP contribution in [-0.4, -0.2) is 65.7 Å². The van der Waals surface area contributed by atoms with Gasteiger partial charge in [-0.1, -0.05) is 245 Å². The van der Waals surface area contributed by atoms with Crippen molar-refractivity contribution in [1.82, 2.24) is 0 Å². The lowest BCUT2D eigenvalue weighted by molar-refractivity contribution is -0.161. The zero-order valence-corrected chi connectivity index (χ0v) is 40.8. The standard InChI is InChI=1S/C50H99O10P/c1-3-5-7-9-11-13-15-17-19-20-21-22-23-24-25-26-28-30-32-34-36-38-40-42-50(54)60-48(46-59-61(55,56)58-44-47(52)43-51)45-57-49(53)41-39-37-35-33-31-29-27-18-16-14-12-10-8-6-4-2/h47-48,51-52H,3-46H2,1-2H3,(H,55,56)/t47-,48+/m0/s1. The van der Waals surface area contributed by atoms with Crippen LogP contribution in [0.2, 0.25) is 0 Å². The molecule has 0 spiro atoms. The maximum absolute atomic E-state index is 12.7. The van der Waals surface area contributed by atoms with Gasteiger partial charge in [-0.15, -0.1) is 0 Å². The predicted molar refractivity (Wildman–Crippen MR) is 252 cm³/mol. The minimum Gasteiger partial charge on any atom is -0.462 e. The number of phosphoric acid groups is 1. The monoisotopic (exact) mass is 891 g/mol. The summed E-state index contributed by atoms with van der Waals surface area (Å²) >= 11 is 0. The van der Waals surface area contributed by atoms with Crippen molar-refractivity contribution in [2.75, 3.05) is 26.4 Å². The topological polar surface area (TPSA) is 149 Å². The zero-order valence-electron chi connectivity index (χ0n) is 39.9. The molecule has 0 saturated carbocycles. The number of hydrogen-bond acceptors (Lipinski definition) is 9. The van der Waals surface area contributed by atoms with Crippen LogP contribution in [0.25, 0.3) is 0 Å². The minimum atomic E-state index is -4.61. The summed E-state index contributed by atoms with van der Waals surface area (Å²) < 4.78 is 32.9. The van der Waals surface area contributed by atoms with Crippen LogP contribution in [0.3, 0.4) is 0 Å². The quantitative estimate of drug-likeness (QED) is 0.0306. The van der Waals surface area contributed by atoms with E-state index < -0.39 is 51.8 Å². The third-order valence-corrected chi connectivity index (χ3v) is 12.7. The summed E-state index contributed by atoms with van der Waals surface area (Å²) in [4.78, 5) is 35.1. The lowest BCUT2D eigenvalue weighted by atomic mass is 10.0. The highest BCUT2D eigenvalue weighted by Gasteiger charge is 2.27. The zero-order chi connectivity index (χ0) is 44.8. The van der Waals surface area contributed by atoms with Crippen LogP contribution in [0.4, 0.5) is 0 Å². The molecule has 0 aromatic rings. The molecule has 3 N–H and O–H groups in total. The number of hydrogen-bond donors (Lipinski definition) is 3. The molecule has 0 saturated heterocycles. The van der Waals surface area contributed by atoms with Gasteiger partial charge in [-0.25, -0.2) is 4.57 Å².